The highest BCUT2D eigenvalue weighted by Crippen LogP contribution is 2.58. The van der Waals surface area contributed by atoms with Gasteiger partial charge in [0.15, 0.2) is 0 Å². The molecule has 0 saturated heterocycles. The van der Waals surface area contributed by atoms with E-state index in [-0.39, 0.29) is 29.1 Å². The Bertz CT molecular complexity index is 4580. The molecule has 10 aromatic heterocycles. The molecule has 105 heavy (non-hydrogen) atoms. The second kappa shape index (κ2) is 31.9. The molecular formula is C88H109N15S2. The van der Waals surface area contributed by atoms with E-state index in [1.54, 1.807) is 0 Å². The first-order valence-electron chi connectivity index (χ1n) is 38.0. The summed E-state index contributed by atoms with van der Waals surface area (Å²) in [5, 5.41) is 48.4. The zero-order valence-corrected chi connectivity index (χ0v) is 65.6. The van der Waals surface area contributed by atoms with Gasteiger partial charge >= 0.3 is 0 Å². The molecule has 1 unspecified atom stereocenters. The number of thiophene rings is 1. The molecule has 0 bridgehead atoms. The second-order valence-corrected chi connectivity index (χ2v) is 34.4. The summed E-state index contributed by atoms with van der Waals surface area (Å²) in [6.45, 7) is 32.1. The summed E-state index contributed by atoms with van der Waals surface area (Å²) in [5.41, 5.74) is 24.7. The van der Waals surface area contributed by atoms with Crippen molar-refractivity contribution in [3.63, 3.8) is 0 Å². The average Bonchev–Trinajstić information content (AvgIpc) is 1.59. The lowest BCUT2D eigenvalue weighted by Gasteiger charge is -2.20. The number of aryl methyl sites for hydroxylation is 5. The van der Waals surface area contributed by atoms with Gasteiger partial charge in [-0.15, -0.1) is 22.7 Å². The maximum absolute atomic E-state index is 4.83. The molecule has 17 heteroatoms. The van der Waals surface area contributed by atoms with Crippen LogP contribution < -0.4 is 0 Å². The largest absolute Gasteiger partial charge is 0.306 e. The van der Waals surface area contributed by atoms with E-state index in [0.29, 0.717) is 40.9 Å². The number of pyridine rings is 2. The van der Waals surface area contributed by atoms with Gasteiger partial charge in [-0.25, -0.2) is 9.97 Å². The van der Waals surface area contributed by atoms with Crippen LogP contribution >= 0.6 is 22.7 Å². The van der Waals surface area contributed by atoms with Crippen molar-refractivity contribution in [2.45, 2.75) is 253 Å². The van der Waals surface area contributed by atoms with Crippen LogP contribution in [-0.4, -0.2) is 76.6 Å². The molecule has 1 aliphatic heterocycles. The molecule has 548 valence electrons. The zero-order chi connectivity index (χ0) is 73.1. The molecule has 17 rings (SSSR count). The predicted octanol–water partition coefficient (Wildman–Crippen LogP) is 20.1. The van der Waals surface area contributed by atoms with Crippen LogP contribution in [0.15, 0.2) is 161 Å². The van der Waals surface area contributed by atoms with Crippen LogP contribution in [-0.2, 0) is 53.8 Å². The van der Waals surface area contributed by atoms with Crippen LogP contribution in [0.1, 0.15) is 265 Å². The fourth-order valence-corrected chi connectivity index (χ4v) is 16.6. The number of nitrogens with zero attached hydrogens (tertiary/aromatic N) is 15. The van der Waals surface area contributed by atoms with Gasteiger partial charge in [0.05, 0.1) is 90.9 Å². The Morgan fingerprint density at radius 1 is 0.438 bits per heavy atom. The van der Waals surface area contributed by atoms with Gasteiger partial charge in [-0.1, -0.05) is 107 Å². The number of imidazole rings is 1. The van der Waals surface area contributed by atoms with Gasteiger partial charge < -0.3 is 4.40 Å². The van der Waals surface area contributed by atoms with E-state index in [4.69, 9.17) is 15.0 Å². The number of aromatic nitrogens is 14. The lowest BCUT2D eigenvalue weighted by atomic mass is 9.84. The van der Waals surface area contributed by atoms with Crippen molar-refractivity contribution >= 4 is 34.4 Å². The topological polar surface area (TPSA) is 184 Å². The smallest absolute Gasteiger partial charge is 0.0995 e. The number of aliphatic imine (C=N–C) groups is 1. The molecule has 0 amide bonds. The average molecular weight is 1440 g/mol. The second-order valence-electron chi connectivity index (χ2n) is 32.6. The van der Waals surface area contributed by atoms with Crippen molar-refractivity contribution in [1.29, 1.82) is 0 Å². The fourth-order valence-electron chi connectivity index (χ4n) is 14.3. The van der Waals surface area contributed by atoms with E-state index < -0.39 is 0 Å². The number of rotatable bonds is 20. The molecule has 0 N–H and O–H groups in total. The molecular weight excluding hydrogens is 1330 g/mol. The van der Waals surface area contributed by atoms with Crippen LogP contribution in [0.4, 0.5) is 0 Å². The highest BCUT2D eigenvalue weighted by atomic mass is 32.1. The van der Waals surface area contributed by atoms with Crippen molar-refractivity contribution in [3.8, 4) is 0 Å². The number of hydrogen-bond donors (Lipinski definition) is 0. The Balaban J connectivity index is 0.000000123. The van der Waals surface area contributed by atoms with Gasteiger partial charge in [0, 0.05) is 99.7 Å². The van der Waals surface area contributed by atoms with Crippen molar-refractivity contribution < 1.29 is 0 Å². The third-order valence-electron chi connectivity index (χ3n) is 22.2. The lowest BCUT2D eigenvalue weighted by Crippen LogP contribution is -2.13. The predicted molar refractivity (Wildman–Crippen MR) is 428 cm³/mol. The first kappa shape index (κ1) is 76.1. The van der Waals surface area contributed by atoms with Crippen molar-refractivity contribution in [1.82, 2.24) is 70.3 Å². The van der Waals surface area contributed by atoms with Gasteiger partial charge in [-0.2, -0.15) is 51.0 Å². The van der Waals surface area contributed by atoms with Crippen LogP contribution in [0.3, 0.4) is 0 Å². The quantitative estimate of drug-likeness (QED) is 0.0703. The van der Waals surface area contributed by atoms with Crippen LogP contribution in [0.25, 0.3) is 5.52 Å². The summed E-state index contributed by atoms with van der Waals surface area (Å²) in [6, 6.07) is 32.0. The molecule has 11 heterocycles. The highest BCUT2D eigenvalue weighted by molar-refractivity contribution is 7.10. The van der Waals surface area contributed by atoms with E-state index in [0.717, 1.165) is 89.0 Å². The Morgan fingerprint density at radius 2 is 0.914 bits per heavy atom. The molecule has 0 radical (unpaired) electrons. The number of hydrogen-bond acceptors (Lipinski definition) is 16. The van der Waals surface area contributed by atoms with E-state index in [9.17, 15) is 0 Å². The molecule has 1 atom stereocenters. The third kappa shape index (κ3) is 18.3. The van der Waals surface area contributed by atoms with Crippen molar-refractivity contribution in [2.24, 2.45) is 22.2 Å². The number of fused-ring (bicyclic) bond motifs is 2. The Labute approximate surface area is 632 Å². The Kier molecular flexibility index (Phi) is 23.1. The maximum Gasteiger partial charge on any atom is 0.0995 e. The van der Waals surface area contributed by atoms with Crippen LogP contribution in [0, 0.1) is 51.9 Å². The standard InChI is InChI=1S/C20H23N3.C19H22N4.C17H21N3.C16H20N2S.C15H19N3S.CH4/c1-13(2)15-5-7-18-16(10-15)12-21-19(18)20(8-9-20)11-17-6-4-14(3)22-23-17;1-13(2)15-5-7-17-18(20-12-23(17)11-15)19(8-9-19)10-16-6-4-14(3)21-22-16;1-12(2)16-7-5-14(11-18-16)17(8-9-17)10-15-6-4-13(3)19-20-15;1-11(2)15-8-13(10-19-15)16(6-7-16)9-14-5-4-12(3)17-18-14;1-10(2)13-9-19-14(16-13)15(6-7-15)8-12-5-4-11(3)17-18-12;/h4-7,10,12-13,16H,8-9,11H2,1-3H3;4-7,11-13H,8-10H2,1-3H3;4-7,11-12H,8-10H2,1-3H3;4-5,8,10-11H,6-7,9H2,1-3H3;4-5,9-10H,6-8H2,1-3H3;1H4. The Hall–Kier alpha value is -8.54. The molecule has 5 saturated carbocycles. The van der Waals surface area contributed by atoms with Gasteiger partial charge in [0.25, 0.3) is 0 Å². The van der Waals surface area contributed by atoms with Crippen molar-refractivity contribution in [2.75, 3.05) is 0 Å². The zero-order valence-electron chi connectivity index (χ0n) is 64.0. The Morgan fingerprint density at radius 3 is 1.32 bits per heavy atom. The molecule has 0 spiro atoms. The summed E-state index contributed by atoms with van der Waals surface area (Å²) >= 11 is 3.71. The summed E-state index contributed by atoms with van der Waals surface area (Å²) in [6.07, 6.45) is 32.4. The summed E-state index contributed by atoms with van der Waals surface area (Å²) < 4.78 is 2.17. The molecule has 7 aliphatic rings. The number of thiazole rings is 1. The molecule has 15 nitrogen and oxygen atoms in total. The summed E-state index contributed by atoms with van der Waals surface area (Å²) in [5.74, 6) is 3.11. The monoisotopic (exact) mass is 1440 g/mol. The maximum atomic E-state index is 4.83. The lowest BCUT2D eigenvalue weighted by molar-refractivity contribution is 0.577. The SMILES string of the molecule is C.Cc1ccc(CC2(C3=C4C=CC(C(C)C)=CC4C=N3)CC2)nn1.Cc1ccc(CC2(c3ccc(C(C)C)nc3)CC2)nn1.Cc1ccc(CC2(c3csc(C(C)C)c3)CC2)nn1.Cc1ccc(CC2(c3nc(C(C)C)cs3)CC2)nn1.Cc1ccc(CC2(c3ncn4cc(C(C)C)ccc34)CC2)nn1. The van der Waals surface area contributed by atoms with E-state index >= 15 is 0 Å². The molecule has 5 fully saturated rings. The van der Waals surface area contributed by atoms with Gasteiger partial charge in [0.1, 0.15) is 0 Å². The fraction of sp³-hybridized carbons (Fsp3) is 0.477. The highest BCUT2D eigenvalue weighted by Gasteiger charge is 2.51. The summed E-state index contributed by atoms with van der Waals surface area (Å²) in [7, 11) is 0. The van der Waals surface area contributed by atoms with E-state index in [1.165, 1.54) is 130 Å². The third-order valence-corrected chi connectivity index (χ3v) is 24.5. The van der Waals surface area contributed by atoms with Crippen LogP contribution in [0.5, 0.6) is 0 Å². The molecule has 0 aromatic carbocycles. The minimum atomic E-state index is 0. The van der Waals surface area contributed by atoms with Crippen molar-refractivity contribution in [3.05, 3.63) is 256 Å². The normalized spacial score (nSPS) is 18.1. The van der Waals surface area contributed by atoms with E-state index in [1.807, 2.05) is 81.8 Å². The van der Waals surface area contributed by atoms with Crippen LogP contribution in [0.2, 0.25) is 0 Å². The first-order chi connectivity index (χ1) is 49.9. The van der Waals surface area contributed by atoms with Gasteiger partial charge in [-0.3, -0.25) is 9.98 Å². The summed E-state index contributed by atoms with van der Waals surface area (Å²) in [4.78, 5) is 20.5. The minimum Gasteiger partial charge on any atom is -0.306 e. The van der Waals surface area contributed by atoms with Gasteiger partial charge in [-0.05, 0) is 240 Å². The van der Waals surface area contributed by atoms with E-state index in [2.05, 4.69) is 250 Å². The van der Waals surface area contributed by atoms with Gasteiger partial charge in [0.2, 0.25) is 0 Å². The molecule has 6 aliphatic carbocycles. The molecule has 10 aromatic rings. The first-order valence-corrected chi connectivity index (χ1v) is 39.8. The minimum absolute atomic E-state index is 0. The number of allylic oxidation sites excluding steroid dienone is 6.